The molecule has 1 spiro atoms. The highest BCUT2D eigenvalue weighted by Gasteiger charge is 2.75. The van der Waals surface area contributed by atoms with E-state index >= 15 is 14.4 Å². The molecule has 3 N–H and O–H groups in total. The molecule has 3 fully saturated rings. The second-order valence-electron chi connectivity index (χ2n) is 16.6. The number of fused-ring (bicyclic) bond motifs is 3. The molecule has 6 atom stereocenters. The Morgan fingerprint density at radius 2 is 1.56 bits per heavy atom. The SMILES string of the molecule is C=CCNC(=O)[C@H]1[C@@H]2C(=O)O[C@@H](c3ccccc3)[C@@H](c3ccccc3)N2[C@@H](c2ccc(OCCO)cc2)[C@]12C(=O)N(C(=O)OCCOC)c1ccc(C#CC3(O)CCCCCC3)cc12. The van der Waals surface area contributed by atoms with Gasteiger partial charge in [-0.15, -0.1) is 6.58 Å². The van der Waals surface area contributed by atoms with Crippen molar-refractivity contribution >= 4 is 29.6 Å². The lowest BCUT2D eigenvalue weighted by molar-refractivity contribution is -0.178. The fourth-order valence-corrected chi connectivity index (χ4v) is 10.1. The summed E-state index contributed by atoms with van der Waals surface area (Å²) in [6.45, 7) is 3.54. The number of imide groups is 1. The van der Waals surface area contributed by atoms with Crippen LogP contribution in [0.25, 0.3) is 0 Å². The average Bonchev–Trinajstić information content (AvgIpc) is 3.65. The maximum Gasteiger partial charge on any atom is 0.421 e. The number of carbonyl (C=O) groups is 4. The number of nitrogens with one attached hydrogen (secondary N) is 1. The number of amides is 3. The lowest BCUT2D eigenvalue weighted by Crippen LogP contribution is -2.55. The van der Waals surface area contributed by atoms with Crippen LogP contribution in [0, 0.1) is 17.8 Å². The van der Waals surface area contributed by atoms with E-state index in [0.29, 0.717) is 35.3 Å². The zero-order valence-electron chi connectivity index (χ0n) is 35.8. The third-order valence-electron chi connectivity index (χ3n) is 12.8. The Morgan fingerprint density at radius 3 is 2.22 bits per heavy atom. The lowest BCUT2D eigenvalue weighted by Gasteiger charge is -2.46. The van der Waals surface area contributed by atoms with Crippen LogP contribution in [0.2, 0.25) is 0 Å². The van der Waals surface area contributed by atoms with Crippen LogP contribution in [-0.4, -0.2) is 90.7 Å². The number of aliphatic hydroxyl groups is 2. The molecule has 3 amide bonds. The third kappa shape index (κ3) is 8.18. The Bertz CT molecular complexity index is 2410. The van der Waals surface area contributed by atoms with Crippen LogP contribution in [0.1, 0.15) is 84.5 Å². The predicted octanol–water partition coefficient (Wildman–Crippen LogP) is 6.25. The summed E-state index contributed by atoms with van der Waals surface area (Å²) in [7, 11) is 1.46. The van der Waals surface area contributed by atoms with E-state index in [1.54, 1.807) is 42.5 Å². The van der Waals surface area contributed by atoms with Gasteiger partial charge in [-0.3, -0.25) is 19.3 Å². The number of hydrogen-bond donors (Lipinski definition) is 3. The van der Waals surface area contributed by atoms with Crippen molar-refractivity contribution in [1.29, 1.82) is 0 Å². The zero-order chi connectivity index (χ0) is 44.8. The molecule has 1 saturated carbocycles. The first-order valence-electron chi connectivity index (χ1n) is 21.9. The Hall–Kier alpha value is -6.30. The molecule has 0 unspecified atom stereocenters. The number of morpholine rings is 1. The molecule has 4 aromatic rings. The van der Waals surface area contributed by atoms with Crippen molar-refractivity contribution in [2.45, 2.75) is 73.8 Å². The molecule has 64 heavy (non-hydrogen) atoms. The first-order chi connectivity index (χ1) is 31.2. The molecule has 2 saturated heterocycles. The number of methoxy groups -OCH3 is 1. The van der Waals surface area contributed by atoms with Crippen LogP contribution >= 0.6 is 0 Å². The van der Waals surface area contributed by atoms with E-state index in [2.05, 4.69) is 23.7 Å². The quantitative estimate of drug-likeness (QED) is 0.0486. The molecule has 0 aromatic heterocycles. The van der Waals surface area contributed by atoms with Crippen molar-refractivity contribution in [2.24, 2.45) is 5.92 Å². The third-order valence-corrected chi connectivity index (χ3v) is 12.8. The van der Waals surface area contributed by atoms with E-state index in [1.165, 1.54) is 13.2 Å². The number of benzene rings is 4. The van der Waals surface area contributed by atoms with E-state index in [1.807, 2.05) is 65.6 Å². The van der Waals surface area contributed by atoms with E-state index < -0.39 is 65.0 Å². The number of carbonyl (C=O) groups excluding carboxylic acids is 4. The van der Waals surface area contributed by atoms with Gasteiger partial charge in [0.15, 0.2) is 0 Å². The smallest absolute Gasteiger partial charge is 0.421 e. The molecular weight excluding hydrogens is 815 g/mol. The normalized spacial score (nSPS) is 24.7. The molecule has 4 aromatic carbocycles. The molecule has 8 rings (SSSR count). The number of esters is 1. The molecule has 4 aliphatic rings. The van der Waals surface area contributed by atoms with Gasteiger partial charge in [0.25, 0.3) is 0 Å². The number of ether oxygens (including phenoxy) is 4. The van der Waals surface area contributed by atoms with Crippen molar-refractivity contribution in [3.63, 3.8) is 0 Å². The maximum atomic E-state index is 16.2. The van der Waals surface area contributed by atoms with Gasteiger partial charge in [0, 0.05) is 19.2 Å². The lowest BCUT2D eigenvalue weighted by atomic mass is 9.65. The minimum absolute atomic E-state index is 0.0113. The van der Waals surface area contributed by atoms with Crippen molar-refractivity contribution in [2.75, 3.05) is 45.0 Å². The molecule has 3 aliphatic heterocycles. The largest absolute Gasteiger partial charge is 0.491 e. The minimum Gasteiger partial charge on any atom is -0.491 e. The molecule has 1 aliphatic carbocycles. The molecular formula is C51H53N3O10. The first-order valence-corrected chi connectivity index (χ1v) is 21.9. The summed E-state index contributed by atoms with van der Waals surface area (Å²) in [5, 5.41) is 24.1. The number of anilines is 1. The molecule has 0 radical (unpaired) electrons. The monoisotopic (exact) mass is 867 g/mol. The van der Waals surface area contributed by atoms with Gasteiger partial charge < -0.3 is 34.5 Å². The highest BCUT2D eigenvalue weighted by Crippen LogP contribution is 2.66. The number of hydrogen-bond acceptors (Lipinski definition) is 11. The van der Waals surface area contributed by atoms with Crippen LogP contribution in [0.15, 0.2) is 116 Å². The van der Waals surface area contributed by atoms with Gasteiger partial charge >= 0.3 is 12.1 Å². The average molecular weight is 868 g/mol. The summed E-state index contributed by atoms with van der Waals surface area (Å²) in [5.41, 5.74) is -0.401. The molecule has 13 nitrogen and oxygen atoms in total. The van der Waals surface area contributed by atoms with Gasteiger partial charge in [-0.2, -0.15) is 0 Å². The van der Waals surface area contributed by atoms with Gasteiger partial charge in [-0.1, -0.05) is 104 Å². The summed E-state index contributed by atoms with van der Waals surface area (Å²) in [5.74, 6) is 3.12. The summed E-state index contributed by atoms with van der Waals surface area (Å²) in [4.78, 5) is 63.8. The summed E-state index contributed by atoms with van der Waals surface area (Å²) < 4.78 is 23.1. The highest BCUT2D eigenvalue weighted by molar-refractivity contribution is 6.23. The van der Waals surface area contributed by atoms with E-state index in [-0.39, 0.29) is 44.2 Å². The number of rotatable bonds is 12. The van der Waals surface area contributed by atoms with Gasteiger partial charge in [-0.05, 0) is 78.3 Å². The van der Waals surface area contributed by atoms with Crippen LogP contribution < -0.4 is 15.0 Å². The van der Waals surface area contributed by atoms with Crippen molar-refractivity contribution < 1.29 is 48.3 Å². The van der Waals surface area contributed by atoms with Crippen LogP contribution in [0.5, 0.6) is 5.75 Å². The molecule has 13 heteroatoms. The maximum absolute atomic E-state index is 16.2. The minimum atomic E-state index is -2.02. The van der Waals surface area contributed by atoms with Gasteiger partial charge in [0.1, 0.15) is 42.1 Å². The summed E-state index contributed by atoms with van der Waals surface area (Å²) in [6.07, 6.45) is 4.32. The second-order valence-corrected chi connectivity index (χ2v) is 16.6. The van der Waals surface area contributed by atoms with Crippen molar-refractivity contribution in [3.05, 3.63) is 144 Å². The zero-order valence-corrected chi connectivity index (χ0v) is 35.8. The standard InChI is InChI=1S/C51H53N3O10/c1-3-28-52-46(56)41-43-47(57)64-44(36-16-10-7-11-17-36)42(35-14-8-6-9-15-35)54(43)45(37-19-21-38(22-20-37)62-30-29-55)51(41)39-33-34(24-27-50(60)25-12-4-5-13-26-50)18-23-40(39)53(48(51)58)49(59)63-32-31-61-2/h3,6-11,14-23,33,41-45,55,60H,1,4-5,12-13,25-26,28-32H2,2H3,(H,52,56)/t41-,42-,43-,44+,45+,51-/m1/s1. The molecule has 3 heterocycles. The molecule has 332 valence electrons. The Morgan fingerprint density at radius 1 is 0.875 bits per heavy atom. The fraction of sp³-hybridized carbons (Fsp3) is 0.373. The second kappa shape index (κ2) is 19.2. The van der Waals surface area contributed by atoms with E-state index in [0.717, 1.165) is 36.1 Å². The van der Waals surface area contributed by atoms with Gasteiger partial charge in [0.05, 0.1) is 36.9 Å². The Kier molecular flexibility index (Phi) is 13.3. The molecule has 0 bridgehead atoms. The van der Waals surface area contributed by atoms with E-state index in [9.17, 15) is 15.0 Å². The first kappa shape index (κ1) is 44.3. The number of cyclic esters (lactones) is 1. The van der Waals surface area contributed by atoms with Crippen molar-refractivity contribution in [1.82, 2.24) is 10.2 Å². The highest BCUT2D eigenvalue weighted by atomic mass is 16.6. The number of nitrogens with zero attached hydrogens (tertiary/aromatic N) is 2. The van der Waals surface area contributed by atoms with Gasteiger partial charge in [0.2, 0.25) is 11.8 Å². The van der Waals surface area contributed by atoms with E-state index in [4.69, 9.17) is 18.9 Å². The van der Waals surface area contributed by atoms with Crippen LogP contribution in [0.3, 0.4) is 0 Å². The van der Waals surface area contributed by atoms with Crippen molar-refractivity contribution in [3.8, 4) is 17.6 Å². The fourth-order valence-electron chi connectivity index (χ4n) is 10.1. The van der Waals surface area contributed by atoms with Crippen LogP contribution in [-0.2, 0) is 34.0 Å². The Balaban J connectivity index is 1.43. The number of aliphatic hydroxyl groups excluding tert-OH is 1. The predicted molar refractivity (Wildman–Crippen MR) is 237 cm³/mol. The van der Waals surface area contributed by atoms with Crippen LogP contribution in [0.4, 0.5) is 10.5 Å². The summed E-state index contributed by atoms with van der Waals surface area (Å²) in [6, 6.07) is 27.5. The summed E-state index contributed by atoms with van der Waals surface area (Å²) >= 11 is 0. The Labute approximate surface area is 373 Å². The topological polar surface area (TPSA) is 164 Å². The van der Waals surface area contributed by atoms with Gasteiger partial charge in [-0.25, -0.2) is 9.69 Å².